The molecular weight excluding hydrogens is 422 g/mol. The zero-order valence-electron chi connectivity index (χ0n) is 18.9. The number of fused-ring (bicyclic) bond motifs is 4. The van der Waals surface area contributed by atoms with Crippen molar-refractivity contribution in [2.45, 2.75) is 12.5 Å². The van der Waals surface area contributed by atoms with E-state index in [4.69, 9.17) is 10.5 Å². The Morgan fingerprint density at radius 2 is 1.67 bits per heavy atom. The lowest BCUT2D eigenvalue weighted by Gasteiger charge is -2.56. The molecule has 1 atom stereocenters. The Labute approximate surface area is 192 Å². The lowest BCUT2D eigenvalue weighted by Crippen LogP contribution is -2.74. The Hall–Kier alpha value is -3.75. The third kappa shape index (κ3) is 2.88. The number of nitrogens with zero attached hydrogens (tertiary/aromatic N) is 4. The second-order valence-corrected chi connectivity index (χ2v) is 8.87. The van der Waals surface area contributed by atoms with E-state index >= 15 is 0 Å². The number of amides is 4. The molecule has 4 amide bonds. The van der Waals surface area contributed by atoms with E-state index in [0.29, 0.717) is 25.3 Å². The second-order valence-electron chi connectivity index (χ2n) is 8.87. The van der Waals surface area contributed by atoms with Crippen LogP contribution in [0.4, 0.5) is 21.9 Å². The number of rotatable bonds is 2. The summed E-state index contributed by atoms with van der Waals surface area (Å²) in [6.45, 7) is 1.71. The molecule has 33 heavy (non-hydrogen) atoms. The minimum absolute atomic E-state index is 0.188. The van der Waals surface area contributed by atoms with Gasteiger partial charge < -0.3 is 20.3 Å². The van der Waals surface area contributed by atoms with Crippen molar-refractivity contribution in [3.8, 4) is 5.75 Å². The molecule has 3 aliphatic heterocycles. The third-order valence-corrected chi connectivity index (χ3v) is 7.20. The second kappa shape index (κ2) is 7.40. The number of barbiturate groups is 1. The minimum atomic E-state index is -1.43. The number of piperazine rings is 1. The number of methoxy groups -OCH3 is 1. The maximum absolute atomic E-state index is 13.7. The normalized spacial score (nSPS) is 21.9. The fourth-order valence-electron chi connectivity index (χ4n) is 5.57. The number of urea groups is 1. The monoisotopic (exact) mass is 449 g/mol. The van der Waals surface area contributed by atoms with Crippen LogP contribution in [0.15, 0.2) is 42.5 Å². The molecule has 2 fully saturated rings. The fraction of sp³-hybridized carbons (Fsp3) is 0.375. The fourth-order valence-corrected chi connectivity index (χ4v) is 5.57. The number of nitrogen functional groups attached to an aromatic ring is 1. The summed E-state index contributed by atoms with van der Waals surface area (Å²) in [7, 11) is 4.51. The Morgan fingerprint density at radius 1 is 0.970 bits per heavy atom. The summed E-state index contributed by atoms with van der Waals surface area (Å²) in [5.74, 6) is -0.212. The SMILES string of the molecule is COc1ccccc1N1CCN2c3ccc(N)cc3CC3(C(=O)N(C)C(=O)N(C)C3=O)[C@H]2C1. The molecule has 0 unspecified atom stereocenters. The van der Waals surface area contributed by atoms with Crippen LogP contribution in [0, 0.1) is 5.41 Å². The average Bonchev–Trinajstić information content (AvgIpc) is 2.84. The number of carbonyl (C=O) groups excluding carboxylic acids is 3. The molecule has 0 aliphatic carbocycles. The Morgan fingerprint density at radius 3 is 2.36 bits per heavy atom. The number of para-hydroxylation sites is 2. The Kier molecular flexibility index (Phi) is 4.73. The highest BCUT2D eigenvalue weighted by atomic mass is 16.5. The molecule has 2 aromatic carbocycles. The van der Waals surface area contributed by atoms with Crippen LogP contribution in [0.2, 0.25) is 0 Å². The highest BCUT2D eigenvalue weighted by Crippen LogP contribution is 2.48. The van der Waals surface area contributed by atoms with Crippen molar-refractivity contribution in [1.82, 2.24) is 9.80 Å². The molecule has 2 N–H and O–H groups in total. The quantitative estimate of drug-likeness (QED) is 0.549. The molecule has 0 radical (unpaired) electrons. The molecule has 9 nitrogen and oxygen atoms in total. The molecule has 9 heteroatoms. The van der Waals surface area contributed by atoms with Gasteiger partial charge in [-0.3, -0.25) is 19.4 Å². The molecule has 2 saturated heterocycles. The number of anilines is 3. The van der Waals surface area contributed by atoms with E-state index in [1.54, 1.807) is 7.11 Å². The van der Waals surface area contributed by atoms with Gasteiger partial charge in [0.25, 0.3) is 0 Å². The highest BCUT2D eigenvalue weighted by molar-refractivity contribution is 6.20. The van der Waals surface area contributed by atoms with Crippen LogP contribution >= 0.6 is 0 Å². The third-order valence-electron chi connectivity index (χ3n) is 7.20. The summed E-state index contributed by atoms with van der Waals surface area (Å²) in [5, 5.41) is 0. The molecule has 5 rings (SSSR count). The maximum Gasteiger partial charge on any atom is 0.332 e. The van der Waals surface area contributed by atoms with Crippen molar-refractivity contribution in [1.29, 1.82) is 0 Å². The van der Waals surface area contributed by atoms with Crippen LogP contribution in [0.25, 0.3) is 0 Å². The van der Waals surface area contributed by atoms with Gasteiger partial charge in [0.2, 0.25) is 11.8 Å². The van der Waals surface area contributed by atoms with Gasteiger partial charge in [-0.15, -0.1) is 0 Å². The molecule has 0 aromatic heterocycles. The van der Waals surface area contributed by atoms with Crippen LogP contribution in [0.1, 0.15) is 5.56 Å². The van der Waals surface area contributed by atoms with Crippen LogP contribution < -0.4 is 20.3 Å². The largest absolute Gasteiger partial charge is 0.495 e. The van der Waals surface area contributed by atoms with Gasteiger partial charge in [-0.25, -0.2) is 4.79 Å². The summed E-state index contributed by atoms with van der Waals surface area (Å²) in [5.41, 5.74) is 7.92. The Balaban J connectivity index is 1.66. The molecule has 0 saturated carbocycles. The molecular formula is C24H27N5O4. The van der Waals surface area contributed by atoms with Gasteiger partial charge in [0.05, 0.1) is 18.8 Å². The maximum atomic E-state index is 13.7. The van der Waals surface area contributed by atoms with E-state index in [-0.39, 0.29) is 6.42 Å². The molecule has 172 valence electrons. The predicted octanol–water partition coefficient (Wildman–Crippen LogP) is 1.57. The Bertz CT molecular complexity index is 1140. The zero-order chi connectivity index (χ0) is 23.5. The number of ether oxygens (including phenoxy) is 1. The standard InChI is InChI=1S/C24H27N5O4/c1-26-21(30)24(22(31)27(2)23(26)32)13-15-12-16(25)8-9-17(15)29-11-10-28(14-20(24)29)18-6-4-5-7-19(18)33-3/h4-9,12,20H,10-11,13-14,25H2,1-3H3/t20-/m1/s1. The molecule has 0 bridgehead atoms. The number of imide groups is 2. The zero-order valence-corrected chi connectivity index (χ0v) is 18.9. The topological polar surface area (TPSA) is 99.4 Å². The van der Waals surface area contributed by atoms with Crippen LogP contribution in [-0.4, -0.2) is 74.5 Å². The van der Waals surface area contributed by atoms with Crippen molar-refractivity contribution in [3.63, 3.8) is 0 Å². The predicted molar refractivity (Wildman–Crippen MR) is 124 cm³/mol. The van der Waals surface area contributed by atoms with Crippen molar-refractivity contribution < 1.29 is 19.1 Å². The van der Waals surface area contributed by atoms with Crippen molar-refractivity contribution in [3.05, 3.63) is 48.0 Å². The van der Waals surface area contributed by atoms with Crippen molar-refractivity contribution >= 4 is 34.9 Å². The first-order valence-electron chi connectivity index (χ1n) is 10.9. The minimum Gasteiger partial charge on any atom is -0.495 e. The van der Waals surface area contributed by atoms with Gasteiger partial charge >= 0.3 is 6.03 Å². The van der Waals surface area contributed by atoms with E-state index in [9.17, 15) is 14.4 Å². The van der Waals surface area contributed by atoms with Gasteiger partial charge in [-0.05, 0) is 42.3 Å². The number of benzene rings is 2. The van der Waals surface area contributed by atoms with Crippen LogP contribution in [0.5, 0.6) is 5.75 Å². The smallest absolute Gasteiger partial charge is 0.332 e. The summed E-state index contributed by atoms with van der Waals surface area (Å²) >= 11 is 0. The van der Waals surface area contributed by atoms with Crippen LogP contribution in [0.3, 0.4) is 0 Å². The van der Waals surface area contributed by atoms with Gasteiger partial charge in [-0.2, -0.15) is 0 Å². The van der Waals surface area contributed by atoms with E-state index in [1.165, 1.54) is 14.1 Å². The van der Waals surface area contributed by atoms with E-state index in [2.05, 4.69) is 9.80 Å². The van der Waals surface area contributed by atoms with Crippen molar-refractivity contribution in [2.75, 3.05) is 56.4 Å². The van der Waals surface area contributed by atoms with Gasteiger partial charge in [0, 0.05) is 45.1 Å². The van der Waals surface area contributed by atoms with Gasteiger partial charge in [0.1, 0.15) is 5.75 Å². The summed E-state index contributed by atoms with van der Waals surface area (Å²) in [4.78, 5) is 46.5. The van der Waals surface area contributed by atoms with Crippen LogP contribution in [-0.2, 0) is 16.0 Å². The summed E-state index contributed by atoms with van der Waals surface area (Å²) < 4.78 is 5.57. The average molecular weight is 450 g/mol. The van der Waals surface area contributed by atoms with Gasteiger partial charge in [-0.1, -0.05) is 12.1 Å². The molecule has 3 aliphatic rings. The summed E-state index contributed by atoms with van der Waals surface area (Å²) in [6.07, 6.45) is 0.188. The molecule has 2 aromatic rings. The lowest BCUT2D eigenvalue weighted by atomic mass is 9.67. The molecule has 3 heterocycles. The van der Waals surface area contributed by atoms with E-state index in [1.807, 2.05) is 42.5 Å². The lowest BCUT2D eigenvalue weighted by molar-refractivity contribution is -0.159. The highest BCUT2D eigenvalue weighted by Gasteiger charge is 2.64. The van der Waals surface area contributed by atoms with E-state index < -0.39 is 29.3 Å². The number of hydrogen-bond acceptors (Lipinski definition) is 7. The summed E-state index contributed by atoms with van der Waals surface area (Å²) in [6, 6.07) is 12.3. The van der Waals surface area contributed by atoms with Crippen molar-refractivity contribution in [2.24, 2.45) is 5.41 Å². The molecule has 1 spiro atoms. The number of carbonyl (C=O) groups is 3. The first kappa shape index (κ1) is 21.1. The van der Waals surface area contributed by atoms with E-state index in [0.717, 1.165) is 32.5 Å². The number of hydrogen-bond donors (Lipinski definition) is 1. The van der Waals surface area contributed by atoms with Gasteiger partial charge in [0.15, 0.2) is 5.41 Å². The number of nitrogens with two attached hydrogens (primary N) is 1. The first-order valence-corrected chi connectivity index (χ1v) is 10.9. The first-order chi connectivity index (χ1) is 15.8.